The highest BCUT2D eigenvalue weighted by atomic mass is 16.5. The van der Waals surface area contributed by atoms with Crippen molar-refractivity contribution in [2.45, 2.75) is 31.6 Å². The Kier molecular flexibility index (Phi) is 3.19. The fourth-order valence-corrected chi connectivity index (χ4v) is 2.92. The highest BCUT2D eigenvalue weighted by Gasteiger charge is 2.37. The maximum atomic E-state index is 6.01. The Morgan fingerprint density at radius 3 is 3.05 bits per heavy atom. The minimum Gasteiger partial charge on any atom is -0.494 e. The molecular formula is C15H20N2O2. The van der Waals surface area contributed by atoms with Crippen LogP contribution in [0.1, 0.15) is 32.1 Å². The third kappa shape index (κ3) is 2.00. The monoisotopic (exact) mass is 260 g/mol. The summed E-state index contributed by atoms with van der Waals surface area (Å²) in [6.45, 7) is 4.24. The van der Waals surface area contributed by atoms with E-state index in [1.54, 1.807) is 7.11 Å². The van der Waals surface area contributed by atoms with Crippen molar-refractivity contribution in [1.82, 2.24) is 10.3 Å². The molecule has 1 fully saturated rings. The number of hydrogen-bond acceptors (Lipinski definition) is 4. The van der Waals surface area contributed by atoms with Crippen LogP contribution in [0.25, 0.3) is 11.1 Å². The average Bonchev–Trinajstić information content (AvgIpc) is 2.92. The predicted molar refractivity (Wildman–Crippen MR) is 74.6 cm³/mol. The molecule has 1 aliphatic heterocycles. The van der Waals surface area contributed by atoms with Crippen molar-refractivity contribution in [2.75, 3.05) is 20.2 Å². The smallest absolute Gasteiger partial charge is 0.203 e. The number of aromatic nitrogens is 1. The molecule has 4 nitrogen and oxygen atoms in total. The summed E-state index contributed by atoms with van der Waals surface area (Å²) in [5.74, 6) is 1.63. The molecule has 0 bridgehead atoms. The number of benzene rings is 1. The van der Waals surface area contributed by atoms with Gasteiger partial charge in [0.1, 0.15) is 5.75 Å². The molecule has 0 saturated carbocycles. The van der Waals surface area contributed by atoms with Crippen LogP contribution in [0.5, 0.6) is 5.75 Å². The third-order valence-electron chi connectivity index (χ3n) is 4.20. The van der Waals surface area contributed by atoms with Gasteiger partial charge in [-0.15, -0.1) is 0 Å². The molecule has 19 heavy (non-hydrogen) atoms. The molecule has 0 aliphatic carbocycles. The number of rotatable bonds is 3. The summed E-state index contributed by atoms with van der Waals surface area (Å²) in [5, 5.41) is 3.47. The number of methoxy groups -OCH3 is 1. The standard InChI is InChI=1S/C15H20N2O2/c1-3-15(8-5-9-16-10-15)14-17-13-11(18-2)6-4-7-12(13)19-14/h4,6-7,16H,3,5,8-10H2,1-2H3. The molecule has 2 heterocycles. The molecule has 0 spiro atoms. The first kappa shape index (κ1) is 12.5. The van der Waals surface area contributed by atoms with Gasteiger partial charge in [0, 0.05) is 6.54 Å². The summed E-state index contributed by atoms with van der Waals surface area (Å²) in [7, 11) is 1.67. The Balaban J connectivity index is 2.09. The first-order valence-electron chi connectivity index (χ1n) is 6.94. The predicted octanol–water partition coefficient (Wildman–Crippen LogP) is 2.87. The zero-order valence-electron chi connectivity index (χ0n) is 11.5. The van der Waals surface area contributed by atoms with Crippen LogP contribution >= 0.6 is 0 Å². The minimum atomic E-state index is 0.0300. The quantitative estimate of drug-likeness (QED) is 0.921. The van der Waals surface area contributed by atoms with Crippen LogP contribution in [-0.2, 0) is 5.41 Å². The van der Waals surface area contributed by atoms with E-state index in [-0.39, 0.29) is 5.41 Å². The highest BCUT2D eigenvalue weighted by Crippen LogP contribution is 2.37. The van der Waals surface area contributed by atoms with E-state index in [1.807, 2.05) is 18.2 Å². The number of hydrogen-bond donors (Lipinski definition) is 1. The average molecular weight is 260 g/mol. The van der Waals surface area contributed by atoms with Crippen molar-refractivity contribution in [3.63, 3.8) is 0 Å². The van der Waals surface area contributed by atoms with Gasteiger partial charge in [0.15, 0.2) is 11.1 Å². The molecule has 1 N–H and O–H groups in total. The zero-order valence-corrected chi connectivity index (χ0v) is 11.5. The van der Waals surface area contributed by atoms with Gasteiger partial charge in [-0.25, -0.2) is 4.98 Å². The van der Waals surface area contributed by atoms with E-state index < -0.39 is 0 Å². The molecular weight excluding hydrogens is 240 g/mol. The summed E-state index contributed by atoms with van der Waals surface area (Å²) >= 11 is 0. The van der Waals surface area contributed by atoms with Gasteiger partial charge in [-0.2, -0.15) is 0 Å². The Hall–Kier alpha value is -1.55. The number of para-hydroxylation sites is 1. The van der Waals surface area contributed by atoms with E-state index >= 15 is 0 Å². The zero-order chi connectivity index (χ0) is 13.3. The molecule has 4 heteroatoms. The molecule has 102 valence electrons. The molecule has 3 rings (SSSR count). The van der Waals surface area contributed by atoms with Gasteiger partial charge in [0.25, 0.3) is 0 Å². The van der Waals surface area contributed by atoms with Crippen molar-refractivity contribution in [3.05, 3.63) is 24.1 Å². The van der Waals surface area contributed by atoms with E-state index in [9.17, 15) is 0 Å². The lowest BCUT2D eigenvalue weighted by Gasteiger charge is -2.33. The molecule has 1 aromatic heterocycles. The lowest BCUT2D eigenvalue weighted by molar-refractivity contribution is 0.249. The SMILES string of the molecule is CCC1(c2nc3c(OC)cccc3o2)CCCNC1. The number of oxazole rings is 1. The number of piperidine rings is 1. The van der Waals surface area contributed by atoms with E-state index in [1.165, 1.54) is 6.42 Å². The van der Waals surface area contributed by atoms with Crippen LogP contribution in [0.2, 0.25) is 0 Å². The van der Waals surface area contributed by atoms with Crippen LogP contribution < -0.4 is 10.1 Å². The Bertz CT molecular complexity index is 571. The van der Waals surface area contributed by atoms with Crippen LogP contribution in [0, 0.1) is 0 Å². The molecule has 0 radical (unpaired) electrons. The molecule has 1 aromatic carbocycles. The van der Waals surface area contributed by atoms with Gasteiger partial charge in [-0.1, -0.05) is 13.0 Å². The maximum Gasteiger partial charge on any atom is 0.203 e. The number of ether oxygens (including phenoxy) is 1. The van der Waals surface area contributed by atoms with Crippen LogP contribution in [-0.4, -0.2) is 25.2 Å². The Labute approximate surface area is 113 Å². The second-order valence-corrected chi connectivity index (χ2v) is 5.24. The molecule has 1 atom stereocenters. The maximum absolute atomic E-state index is 6.01. The number of nitrogens with one attached hydrogen (secondary N) is 1. The van der Waals surface area contributed by atoms with Gasteiger partial charge < -0.3 is 14.5 Å². The number of fused-ring (bicyclic) bond motifs is 1. The highest BCUT2D eigenvalue weighted by molar-refractivity contribution is 5.79. The summed E-state index contributed by atoms with van der Waals surface area (Å²) in [4.78, 5) is 4.72. The lowest BCUT2D eigenvalue weighted by atomic mass is 9.78. The fourth-order valence-electron chi connectivity index (χ4n) is 2.92. The molecule has 1 aliphatic rings. The summed E-state index contributed by atoms with van der Waals surface area (Å²) in [6, 6.07) is 5.81. The van der Waals surface area contributed by atoms with E-state index in [4.69, 9.17) is 14.1 Å². The second-order valence-electron chi connectivity index (χ2n) is 5.24. The Morgan fingerprint density at radius 1 is 1.47 bits per heavy atom. The molecule has 1 unspecified atom stereocenters. The van der Waals surface area contributed by atoms with Gasteiger partial charge in [-0.3, -0.25) is 0 Å². The van der Waals surface area contributed by atoms with Gasteiger partial charge >= 0.3 is 0 Å². The van der Waals surface area contributed by atoms with Crippen LogP contribution in [0.4, 0.5) is 0 Å². The van der Waals surface area contributed by atoms with Crippen molar-refractivity contribution in [3.8, 4) is 5.75 Å². The largest absolute Gasteiger partial charge is 0.494 e. The van der Waals surface area contributed by atoms with Crippen LogP contribution in [0.3, 0.4) is 0 Å². The molecule has 0 amide bonds. The van der Waals surface area contributed by atoms with Gasteiger partial charge in [0.2, 0.25) is 5.89 Å². The van der Waals surface area contributed by atoms with Crippen molar-refractivity contribution >= 4 is 11.1 Å². The molecule has 1 saturated heterocycles. The van der Waals surface area contributed by atoms with Crippen molar-refractivity contribution < 1.29 is 9.15 Å². The summed E-state index contributed by atoms with van der Waals surface area (Å²) in [5.41, 5.74) is 1.67. The van der Waals surface area contributed by atoms with E-state index in [0.29, 0.717) is 0 Å². The number of nitrogens with zero attached hydrogens (tertiary/aromatic N) is 1. The van der Waals surface area contributed by atoms with Crippen LogP contribution in [0.15, 0.2) is 22.6 Å². The fraction of sp³-hybridized carbons (Fsp3) is 0.533. The van der Waals surface area contributed by atoms with Crippen molar-refractivity contribution in [2.24, 2.45) is 0 Å². The summed E-state index contributed by atoms with van der Waals surface area (Å²) < 4.78 is 11.4. The third-order valence-corrected chi connectivity index (χ3v) is 4.20. The normalized spacial score (nSPS) is 23.7. The Morgan fingerprint density at radius 2 is 2.37 bits per heavy atom. The lowest BCUT2D eigenvalue weighted by Crippen LogP contribution is -2.43. The first-order valence-corrected chi connectivity index (χ1v) is 6.94. The topological polar surface area (TPSA) is 47.3 Å². The van der Waals surface area contributed by atoms with Gasteiger partial charge in [-0.05, 0) is 37.9 Å². The minimum absolute atomic E-state index is 0.0300. The second kappa shape index (κ2) is 4.85. The van der Waals surface area contributed by atoms with Gasteiger partial charge in [0.05, 0.1) is 12.5 Å². The molecule has 2 aromatic rings. The van der Waals surface area contributed by atoms with E-state index in [0.717, 1.165) is 48.7 Å². The summed E-state index contributed by atoms with van der Waals surface area (Å²) in [6.07, 6.45) is 3.34. The first-order chi connectivity index (χ1) is 9.29. The van der Waals surface area contributed by atoms with E-state index in [2.05, 4.69) is 12.2 Å². The van der Waals surface area contributed by atoms with Crippen molar-refractivity contribution in [1.29, 1.82) is 0 Å².